The van der Waals surface area contributed by atoms with Crippen molar-refractivity contribution in [1.82, 2.24) is 0 Å². The normalized spacial score (nSPS) is 18.3. The summed E-state index contributed by atoms with van der Waals surface area (Å²) in [6.45, 7) is 2.65. The molecule has 2 rings (SSSR count). The minimum atomic E-state index is 0. The molecule has 0 saturated heterocycles. The Morgan fingerprint density at radius 1 is 0.600 bits per heavy atom. The maximum Gasteiger partial charge on any atom is -0.0106 e. The highest BCUT2D eigenvalue weighted by molar-refractivity contribution is 4.76. The van der Waals surface area contributed by atoms with Gasteiger partial charge in [0.1, 0.15) is 0 Å². The van der Waals surface area contributed by atoms with Crippen molar-refractivity contribution in [3.63, 3.8) is 0 Å². The number of hydrogen-bond donors (Lipinski definition) is 1. The van der Waals surface area contributed by atoms with Crippen molar-refractivity contribution < 1.29 is 0 Å². The van der Waals surface area contributed by atoms with Gasteiger partial charge in [-0.15, -0.1) is 0 Å². The SMILES string of the molecule is C.C.C.C.C.C1CCC(C2CCCCC2)CC1.CCN. The fourth-order valence-corrected chi connectivity index (χ4v) is 3.21. The maximum absolute atomic E-state index is 4.85. The Morgan fingerprint density at radius 2 is 0.800 bits per heavy atom. The summed E-state index contributed by atoms with van der Waals surface area (Å²) in [4.78, 5) is 0. The van der Waals surface area contributed by atoms with Crippen molar-refractivity contribution in [2.24, 2.45) is 17.6 Å². The molecular weight excluding hydrogens is 242 g/mol. The molecule has 0 atom stereocenters. The molecule has 2 saturated carbocycles. The zero-order chi connectivity index (χ0) is 10.9. The first-order valence-corrected chi connectivity index (χ1v) is 7.08. The second-order valence-electron chi connectivity index (χ2n) is 5.20. The van der Waals surface area contributed by atoms with E-state index in [0.29, 0.717) is 0 Å². The van der Waals surface area contributed by atoms with Crippen LogP contribution in [-0.2, 0) is 0 Å². The molecule has 0 aromatic heterocycles. The highest BCUT2D eigenvalue weighted by Crippen LogP contribution is 2.37. The minimum absolute atomic E-state index is 0. The van der Waals surface area contributed by atoms with Gasteiger partial charge in [-0.25, -0.2) is 0 Å². The lowest BCUT2D eigenvalue weighted by Gasteiger charge is -2.32. The lowest BCUT2D eigenvalue weighted by molar-refractivity contribution is 0.196. The van der Waals surface area contributed by atoms with Gasteiger partial charge in [-0.05, 0) is 18.4 Å². The van der Waals surface area contributed by atoms with E-state index in [4.69, 9.17) is 5.73 Å². The molecule has 0 radical (unpaired) electrons. The maximum atomic E-state index is 4.85. The van der Waals surface area contributed by atoms with E-state index in [-0.39, 0.29) is 37.1 Å². The summed E-state index contributed by atoms with van der Waals surface area (Å²) in [6.07, 6.45) is 15.4. The Hall–Kier alpha value is -0.0400. The molecule has 20 heavy (non-hydrogen) atoms. The standard InChI is InChI=1S/C12H22.C2H7N.5CH4/c1-3-7-11(8-4-1)12-9-5-2-6-10-12;1-2-3;;;;;/h11-12H,1-10H2;2-3H2,1H3;5*1H4. The van der Waals surface area contributed by atoms with Crippen LogP contribution in [0.2, 0.25) is 0 Å². The first-order valence-electron chi connectivity index (χ1n) is 7.08. The molecule has 0 heterocycles. The van der Waals surface area contributed by atoms with Gasteiger partial charge in [0.15, 0.2) is 0 Å². The summed E-state index contributed by atoms with van der Waals surface area (Å²) in [6, 6.07) is 0. The third kappa shape index (κ3) is 13.0. The Bertz CT molecular complexity index is 117. The lowest BCUT2D eigenvalue weighted by Crippen LogP contribution is -2.20. The van der Waals surface area contributed by atoms with Crippen molar-refractivity contribution in [3.8, 4) is 0 Å². The summed E-state index contributed by atoms with van der Waals surface area (Å²) >= 11 is 0. The van der Waals surface area contributed by atoms with Crippen LogP contribution >= 0.6 is 0 Å². The van der Waals surface area contributed by atoms with Crippen molar-refractivity contribution in [1.29, 1.82) is 0 Å². The molecule has 2 N–H and O–H groups in total. The van der Waals surface area contributed by atoms with Crippen LogP contribution in [0.1, 0.15) is 108 Å². The number of nitrogens with two attached hydrogens (primary N) is 1. The average Bonchev–Trinajstić information content (AvgIpc) is 2.32. The molecule has 0 amide bonds. The fraction of sp³-hybridized carbons (Fsp3) is 1.00. The van der Waals surface area contributed by atoms with Gasteiger partial charge in [0.05, 0.1) is 0 Å². The summed E-state index contributed by atoms with van der Waals surface area (Å²) in [5, 5.41) is 0. The Labute approximate surface area is 133 Å². The smallest absolute Gasteiger partial charge is 0.0106 e. The van der Waals surface area contributed by atoms with Crippen LogP contribution in [0.3, 0.4) is 0 Å². The fourth-order valence-electron chi connectivity index (χ4n) is 3.21. The van der Waals surface area contributed by atoms with E-state index >= 15 is 0 Å². The van der Waals surface area contributed by atoms with Crippen LogP contribution in [0, 0.1) is 11.8 Å². The zero-order valence-corrected chi connectivity index (χ0v) is 10.5. The molecule has 0 aromatic rings. The van der Waals surface area contributed by atoms with Crippen LogP contribution in [0.25, 0.3) is 0 Å². The zero-order valence-electron chi connectivity index (χ0n) is 10.5. The highest BCUT2D eigenvalue weighted by atomic mass is 14.5. The predicted octanol–water partition coefficient (Wildman–Crippen LogP) is 7.29. The third-order valence-corrected chi connectivity index (χ3v) is 3.97. The van der Waals surface area contributed by atoms with Crippen molar-refractivity contribution >= 4 is 0 Å². The van der Waals surface area contributed by atoms with Crippen LogP contribution in [0.5, 0.6) is 0 Å². The Kier molecular flexibility index (Phi) is 34.1. The van der Waals surface area contributed by atoms with Gasteiger partial charge >= 0.3 is 0 Å². The average molecular weight is 292 g/mol. The second-order valence-corrected chi connectivity index (χ2v) is 5.20. The molecule has 2 aliphatic carbocycles. The Balaban J connectivity index is -0.0000000871. The van der Waals surface area contributed by atoms with Crippen molar-refractivity contribution in [2.75, 3.05) is 6.54 Å². The largest absolute Gasteiger partial charge is 0.331 e. The molecule has 2 fully saturated rings. The van der Waals surface area contributed by atoms with Gasteiger partial charge in [0.25, 0.3) is 0 Å². The van der Waals surface area contributed by atoms with Crippen LogP contribution in [0.15, 0.2) is 0 Å². The van der Waals surface area contributed by atoms with Crippen LogP contribution in [-0.4, -0.2) is 6.54 Å². The quantitative estimate of drug-likeness (QED) is 0.539. The Morgan fingerprint density at radius 3 is 1.00 bits per heavy atom. The summed E-state index contributed by atoms with van der Waals surface area (Å²) in [5.41, 5.74) is 4.85. The topological polar surface area (TPSA) is 26.0 Å². The summed E-state index contributed by atoms with van der Waals surface area (Å²) in [5.74, 6) is 2.28. The summed E-state index contributed by atoms with van der Waals surface area (Å²) in [7, 11) is 0. The molecule has 0 unspecified atom stereocenters. The van der Waals surface area contributed by atoms with E-state index in [2.05, 4.69) is 0 Å². The van der Waals surface area contributed by atoms with E-state index in [1.807, 2.05) is 6.92 Å². The van der Waals surface area contributed by atoms with E-state index in [0.717, 1.165) is 18.4 Å². The van der Waals surface area contributed by atoms with Crippen LogP contribution in [0.4, 0.5) is 0 Å². The van der Waals surface area contributed by atoms with Gasteiger partial charge < -0.3 is 5.73 Å². The second kappa shape index (κ2) is 21.3. The molecule has 130 valence electrons. The highest BCUT2D eigenvalue weighted by Gasteiger charge is 2.24. The van der Waals surface area contributed by atoms with Crippen molar-refractivity contribution in [3.05, 3.63) is 0 Å². The van der Waals surface area contributed by atoms with E-state index in [9.17, 15) is 0 Å². The molecule has 1 nitrogen and oxygen atoms in total. The molecule has 0 aromatic carbocycles. The van der Waals surface area contributed by atoms with E-state index in [1.54, 1.807) is 25.7 Å². The van der Waals surface area contributed by atoms with Gasteiger partial charge in [-0.3, -0.25) is 0 Å². The van der Waals surface area contributed by atoms with Crippen LogP contribution < -0.4 is 5.73 Å². The molecule has 0 spiro atoms. The number of hydrogen-bond acceptors (Lipinski definition) is 1. The molecule has 2 aliphatic rings. The third-order valence-electron chi connectivity index (χ3n) is 3.97. The summed E-state index contributed by atoms with van der Waals surface area (Å²) < 4.78 is 0. The minimum Gasteiger partial charge on any atom is -0.331 e. The van der Waals surface area contributed by atoms with E-state index < -0.39 is 0 Å². The lowest BCUT2D eigenvalue weighted by atomic mass is 9.73. The molecule has 0 aliphatic heterocycles. The van der Waals surface area contributed by atoms with Gasteiger partial charge in [-0.2, -0.15) is 0 Å². The first kappa shape index (κ1) is 32.1. The first-order chi connectivity index (χ1) is 7.38. The van der Waals surface area contributed by atoms with Crippen molar-refractivity contribution in [2.45, 2.75) is 108 Å². The van der Waals surface area contributed by atoms with Gasteiger partial charge in [-0.1, -0.05) is 108 Å². The van der Waals surface area contributed by atoms with Gasteiger partial charge in [0.2, 0.25) is 0 Å². The predicted molar refractivity (Wildman–Crippen MR) is 102 cm³/mol. The molecular formula is C19H49N. The van der Waals surface area contributed by atoms with Gasteiger partial charge in [0, 0.05) is 0 Å². The molecule has 1 heteroatoms. The monoisotopic (exact) mass is 291 g/mol. The number of rotatable bonds is 1. The molecule has 0 bridgehead atoms. The van der Waals surface area contributed by atoms with E-state index in [1.165, 1.54) is 38.5 Å².